The van der Waals surface area contributed by atoms with Crippen molar-refractivity contribution < 1.29 is 0 Å². The Kier molecular flexibility index (Phi) is 3.82. The van der Waals surface area contributed by atoms with Crippen molar-refractivity contribution >= 4 is 0 Å². The zero-order valence-corrected chi connectivity index (χ0v) is 10.2. The van der Waals surface area contributed by atoms with Crippen molar-refractivity contribution in [1.82, 2.24) is 25.1 Å². The monoisotopic (exact) mass is 231 g/mol. The van der Waals surface area contributed by atoms with E-state index in [9.17, 15) is 0 Å². The van der Waals surface area contributed by atoms with Crippen molar-refractivity contribution in [3.63, 3.8) is 0 Å². The van der Waals surface area contributed by atoms with Gasteiger partial charge in [0, 0.05) is 31.8 Å². The lowest BCUT2D eigenvalue weighted by Crippen LogP contribution is -2.18. The molecule has 2 aromatic heterocycles. The number of nitrogens with one attached hydrogen (secondary N) is 1. The maximum atomic E-state index is 4.32. The average molecular weight is 231 g/mol. The molecule has 0 spiro atoms. The Hall–Kier alpha value is -1.75. The van der Waals surface area contributed by atoms with E-state index in [0.717, 1.165) is 18.5 Å². The molecule has 2 heterocycles. The molecule has 2 rings (SSSR count). The van der Waals surface area contributed by atoms with Crippen LogP contribution in [0.4, 0.5) is 0 Å². The van der Waals surface area contributed by atoms with Crippen molar-refractivity contribution in [2.24, 2.45) is 7.05 Å². The standard InChI is InChI=1S/C12H17N5/c1-13-11(12-8-14-5-6-15-12)4-3-10-7-16-17(2)9-10/h5-9,11,13H,3-4H2,1-2H3. The fourth-order valence-electron chi connectivity index (χ4n) is 1.84. The van der Waals surface area contributed by atoms with E-state index in [0.29, 0.717) is 0 Å². The fourth-order valence-corrected chi connectivity index (χ4v) is 1.84. The van der Waals surface area contributed by atoms with Gasteiger partial charge in [-0.05, 0) is 25.5 Å². The topological polar surface area (TPSA) is 55.6 Å². The molecule has 1 N–H and O–H groups in total. The Morgan fingerprint density at radius 3 is 2.82 bits per heavy atom. The Labute approximate surface area is 101 Å². The van der Waals surface area contributed by atoms with E-state index < -0.39 is 0 Å². The summed E-state index contributed by atoms with van der Waals surface area (Å²) in [7, 11) is 3.88. The van der Waals surface area contributed by atoms with E-state index in [2.05, 4.69) is 20.4 Å². The van der Waals surface area contributed by atoms with Gasteiger partial charge in [0.25, 0.3) is 0 Å². The first kappa shape index (κ1) is 11.7. The third kappa shape index (κ3) is 3.10. The zero-order chi connectivity index (χ0) is 12.1. The number of hydrogen-bond acceptors (Lipinski definition) is 4. The highest BCUT2D eigenvalue weighted by atomic mass is 15.2. The molecule has 0 bridgehead atoms. The molecule has 0 aliphatic carbocycles. The van der Waals surface area contributed by atoms with Crippen LogP contribution >= 0.6 is 0 Å². The molecule has 5 heteroatoms. The van der Waals surface area contributed by atoms with Gasteiger partial charge in [0.15, 0.2) is 0 Å². The van der Waals surface area contributed by atoms with Crippen molar-refractivity contribution in [1.29, 1.82) is 0 Å². The quantitative estimate of drug-likeness (QED) is 0.837. The van der Waals surface area contributed by atoms with Gasteiger partial charge in [0.2, 0.25) is 0 Å². The summed E-state index contributed by atoms with van der Waals surface area (Å²) in [5.74, 6) is 0. The highest BCUT2D eigenvalue weighted by Gasteiger charge is 2.10. The molecular weight excluding hydrogens is 214 g/mol. The van der Waals surface area contributed by atoms with Crippen LogP contribution in [0.15, 0.2) is 31.0 Å². The summed E-state index contributed by atoms with van der Waals surface area (Å²) < 4.78 is 1.83. The molecule has 90 valence electrons. The second-order valence-corrected chi connectivity index (χ2v) is 4.03. The van der Waals surface area contributed by atoms with Gasteiger partial charge in [-0.25, -0.2) is 0 Å². The molecule has 0 fully saturated rings. The smallest absolute Gasteiger partial charge is 0.0756 e. The van der Waals surface area contributed by atoms with Crippen LogP contribution in [0, 0.1) is 0 Å². The van der Waals surface area contributed by atoms with Gasteiger partial charge >= 0.3 is 0 Å². The lowest BCUT2D eigenvalue weighted by molar-refractivity contribution is 0.533. The van der Waals surface area contributed by atoms with Crippen LogP contribution in [0.1, 0.15) is 23.7 Å². The number of aryl methyl sites for hydroxylation is 2. The lowest BCUT2D eigenvalue weighted by Gasteiger charge is -2.14. The van der Waals surface area contributed by atoms with Gasteiger partial charge in [-0.1, -0.05) is 0 Å². The predicted octanol–water partition coefficient (Wildman–Crippen LogP) is 1.10. The normalized spacial score (nSPS) is 12.6. The first-order chi connectivity index (χ1) is 8.29. The minimum Gasteiger partial charge on any atom is -0.312 e. The van der Waals surface area contributed by atoms with Gasteiger partial charge in [-0.15, -0.1) is 0 Å². The highest BCUT2D eigenvalue weighted by Crippen LogP contribution is 2.15. The summed E-state index contributed by atoms with van der Waals surface area (Å²) >= 11 is 0. The lowest BCUT2D eigenvalue weighted by atomic mass is 10.1. The van der Waals surface area contributed by atoms with E-state index in [1.54, 1.807) is 12.4 Å². The number of aromatic nitrogens is 4. The van der Waals surface area contributed by atoms with Crippen LogP contribution < -0.4 is 5.32 Å². The Balaban J connectivity index is 1.97. The second-order valence-electron chi connectivity index (χ2n) is 4.03. The molecule has 5 nitrogen and oxygen atoms in total. The molecular formula is C12H17N5. The molecule has 17 heavy (non-hydrogen) atoms. The van der Waals surface area contributed by atoms with Crippen LogP contribution in [0.3, 0.4) is 0 Å². The average Bonchev–Trinajstić information content (AvgIpc) is 2.77. The molecule has 0 radical (unpaired) electrons. The first-order valence-electron chi connectivity index (χ1n) is 5.70. The third-order valence-corrected chi connectivity index (χ3v) is 2.77. The Morgan fingerprint density at radius 1 is 1.35 bits per heavy atom. The zero-order valence-electron chi connectivity index (χ0n) is 10.2. The van der Waals surface area contributed by atoms with Crippen molar-refractivity contribution in [3.05, 3.63) is 42.2 Å². The molecule has 0 aliphatic rings. The molecule has 0 saturated heterocycles. The predicted molar refractivity (Wildman–Crippen MR) is 65.4 cm³/mol. The Morgan fingerprint density at radius 2 is 2.24 bits per heavy atom. The van der Waals surface area contributed by atoms with Crippen LogP contribution in [0.5, 0.6) is 0 Å². The number of rotatable bonds is 5. The minimum absolute atomic E-state index is 0.240. The summed E-state index contributed by atoms with van der Waals surface area (Å²) in [5.41, 5.74) is 2.23. The fraction of sp³-hybridized carbons (Fsp3) is 0.417. The summed E-state index contributed by atoms with van der Waals surface area (Å²) in [5, 5.41) is 7.43. The largest absolute Gasteiger partial charge is 0.312 e. The van der Waals surface area contributed by atoms with Crippen LogP contribution in [-0.4, -0.2) is 26.8 Å². The summed E-state index contributed by atoms with van der Waals surface area (Å²) in [6.45, 7) is 0. The Bertz CT molecular complexity index is 451. The highest BCUT2D eigenvalue weighted by molar-refractivity contribution is 5.07. The van der Waals surface area contributed by atoms with Gasteiger partial charge in [-0.2, -0.15) is 5.10 Å². The van der Waals surface area contributed by atoms with Crippen molar-refractivity contribution in [3.8, 4) is 0 Å². The van der Waals surface area contributed by atoms with Crippen LogP contribution in [0.2, 0.25) is 0 Å². The first-order valence-corrected chi connectivity index (χ1v) is 5.70. The molecule has 1 unspecified atom stereocenters. The SMILES string of the molecule is CNC(CCc1cnn(C)c1)c1cnccn1. The van der Waals surface area contributed by atoms with E-state index in [-0.39, 0.29) is 6.04 Å². The van der Waals surface area contributed by atoms with Gasteiger partial charge in [0.1, 0.15) is 0 Å². The van der Waals surface area contributed by atoms with Crippen molar-refractivity contribution in [2.75, 3.05) is 7.05 Å². The number of hydrogen-bond donors (Lipinski definition) is 1. The van der Waals surface area contributed by atoms with E-state index in [1.165, 1.54) is 5.56 Å². The summed E-state index contributed by atoms with van der Waals surface area (Å²) in [6.07, 6.45) is 11.1. The maximum absolute atomic E-state index is 4.32. The molecule has 0 aliphatic heterocycles. The maximum Gasteiger partial charge on any atom is 0.0756 e. The third-order valence-electron chi connectivity index (χ3n) is 2.77. The van der Waals surface area contributed by atoms with E-state index >= 15 is 0 Å². The number of nitrogens with zero attached hydrogens (tertiary/aromatic N) is 4. The van der Waals surface area contributed by atoms with E-state index in [4.69, 9.17) is 0 Å². The second kappa shape index (κ2) is 5.54. The van der Waals surface area contributed by atoms with Crippen LogP contribution in [-0.2, 0) is 13.5 Å². The van der Waals surface area contributed by atoms with Gasteiger partial charge in [0.05, 0.1) is 17.9 Å². The van der Waals surface area contributed by atoms with Gasteiger partial charge in [-0.3, -0.25) is 14.6 Å². The molecule has 1 atom stereocenters. The van der Waals surface area contributed by atoms with E-state index in [1.807, 2.05) is 37.4 Å². The van der Waals surface area contributed by atoms with Gasteiger partial charge < -0.3 is 5.32 Å². The minimum atomic E-state index is 0.240. The van der Waals surface area contributed by atoms with Crippen LogP contribution in [0.25, 0.3) is 0 Å². The molecule has 0 saturated carbocycles. The van der Waals surface area contributed by atoms with Crippen molar-refractivity contribution in [2.45, 2.75) is 18.9 Å². The molecule has 0 amide bonds. The molecule has 0 aromatic carbocycles. The molecule has 2 aromatic rings. The summed E-state index contributed by atoms with van der Waals surface area (Å²) in [6, 6.07) is 0.240. The summed E-state index contributed by atoms with van der Waals surface area (Å²) in [4.78, 5) is 8.42.